The molecule has 1 aliphatic carbocycles. The summed E-state index contributed by atoms with van der Waals surface area (Å²) in [5, 5.41) is 7.16. The number of rotatable bonds is 4. The third kappa shape index (κ3) is 3.32. The number of fused-ring (bicyclic) bond motifs is 6. The Bertz CT molecular complexity index is 1170. The molecule has 32 heavy (non-hydrogen) atoms. The summed E-state index contributed by atoms with van der Waals surface area (Å²) in [6.45, 7) is 2.29. The van der Waals surface area contributed by atoms with Gasteiger partial charge >= 0.3 is 0 Å². The minimum Gasteiger partial charge on any atom is -0.496 e. The quantitative estimate of drug-likeness (QED) is 0.604. The number of hydrogen-bond acceptors (Lipinski definition) is 7. The van der Waals surface area contributed by atoms with Gasteiger partial charge in [-0.3, -0.25) is 4.79 Å². The van der Waals surface area contributed by atoms with Gasteiger partial charge in [-0.2, -0.15) is 0 Å². The molecule has 2 N–H and O–H groups in total. The number of amides is 1. The molecule has 2 aliphatic heterocycles. The molecule has 2 aromatic heterocycles. The summed E-state index contributed by atoms with van der Waals surface area (Å²) in [5.74, 6) is 2.24. The molecule has 3 aromatic rings. The van der Waals surface area contributed by atoms with Crippen LogP contribution in [0, 0.1) is 5.92 Å². The summed E-state index contributed by atoms with van der Waals surface area (Å²) < 4.78 is 5.63. The summed E-state index contributed by atoms with van der Waals surface area (Å²) in [6, 6.07) is 6.82. The van der Waals surface area contributed by atoms with Crippen molar-refractivity contribution < 1.29 is 9.53 Å². The Labute approximate surface area is 197 Å². The predicted molar refractivity (Wildman–Crippen MR) is 128 cm³/mol. The van der Waals surface area contributed by atoms with Gasteiger partial charge in [-0.05, 0) is 48.9 Å². The molecule has 3 aliphatic rings. The molecule has 1 saturated heterocycles. The smallest absolute Gasteiger partial charge is 0.267 e. The Morgan fingerprint density at radius 2 is 2.16 bits per heavy atom. The van der Waals surface area contributed by atoms with Crippen molar-refractivity contribution in [2.24, 2.45) is 5.92 Å². The molecule has 9 heteroatoms. The van der Waals surface area contributed by atoms with Crippen molar-refractivity contribution in [2.75, 3.05) is 32.2 Å². The minimum absolute atomic E-state index is 0. The first-order valence-corrected chi connectivity index (χ1v) is 11.7. The van der Waals surface area contributed by atoms with Gasteiger partial charge in [0.2, 0.25) is 0 Å². The highest BCUT2D eigenvalue weighted by molar-refractivity contribution is 7.21. The van der Waals surface area contributed by atoms with E-state index in [0.717, 1.165) is 52.6 Å². The molecule has 1 amide bonds. The molecule has 1 fully saturated rings. The number of nitrogens with zero attached hydrogens (tertiary/aromatic N) is 3. The highest BCUT2D eigenvalue weighted by atomic mass is 35.5. The van der Waals surface area contributed by atoms with Gasteiger partial charge < -0.3 is 20.3 Å². The summed E-state index contributed by atoms with van der Waals surface area (Å²) in [7, 11) is 1.76. The van der Waals surface area contributed by atoms with Gasteiger partial charge in [-0.15, -0.1) is 23.7 Å². The Morgan fingerprint density at radius 1 is 1.28 bits per heavy atom. The lowest BCUT2D eigenvalue weighted by Gasteiger charge is -2.33. The van der Waals surface area contributed by atoms with E-state index in [2.05, 4.69) is 38.8 Å². The van der Waals surface area contributed by atoms with Crippen LogP contribution in [-0.2, 0) is 6.42 Å². The van der Waals surface area contributed by atoms with Crippen molar-refractivity contribution in [3.05, 3.63) is 46.6 Å². The summed E-state index contributed by atoms with van der Waals surface area (Å²) >= 11 is 1.43. The van der Waals surface area contributed by atoms with E-state index < -0.39 is 0 Å². The minimum atomic E-state index is 0. The lowest BCUT2D eigenvalue weighted by molar-refractivity contribution is 0.0757. The van der Waals surface area contributed by atoms with Gasteiger partial charge in [0.25, 0.3) is 5.91 Å². The second kappa shape index (κ2) is 8.50. The highest BCUT2D eigenvalue weighted by Crippen LogP contribution is 2.45. The molecule has 0 spiro atoms. The van der Waals surface area contributed by atoms with Crippen molar-refractivity contribution in [1.82, 2.24) is 20.2 Å². The highest BCUT2D eigenvalue weighted by Gasteiger charge is 2.41. The number of nitrogens with one attached hydrogen (secondary N) is 2. The van der Waals surface area contributed by atoms with Crippen LogP contribution in [0.5, 0.6) is 5.75 Å². The van der Waals surface area contributed by atoms with E-state index in [4.69, 9.17) is 4.74 Å². The first kappa shape index (κ1) is 21.4. The van der Waals surface area contributed by atoms with E-state index in [1.54, 1.807) is 19.5 Å². The number of methoxy groups -OCH3 is 1. The average molecular weight is 472 g/mol. The maximum atomic E-state index is 13.2. The molecular weight excluding hydrogens is 446 g/mol. The van der Waals surface area contributed by atoms with Gasteiger partial charge in [0.15, 0.2) is 0 Å². The van der Waals surface area contributed by atoms with E-state index >= 15 is 0 Å². The van der Waals surface area contributed by atoms with Gasteiger partial charge in [0, 0.05) is 30.9 Å². The monoisotopic (exact) mass is 471 g/mol. The molecule has 1 unspecified atom stereocenters. The van der Waals surface area contributed by atoms with E-state index in [1.807, 2.05) is 4.90 Å². The van der Waals surface area contributed by atoms with Crippen LogP contribution in [0.25, 0.3) is 10.3 Å². The number of anilines is 1. The standard InChI is InChI=1S/C23H25N5O2S.ClH/c1-30-17-4-2-3-15-14(17)6-5-13-11-26-16(18(13)15)7-10-28-12-27-19-20-22(25-9-8-24-20)31-21(19)23(28)29;/h2-4,8-9,13,16,18,26-27H,5-7,10-12H2,1H3;1H/t13-,16?,18+;/m0./s1. The SMILES string of the molecule is COc1cccc2c1CC[C@H]1CNC(CCN3CNc4c(sc5nccnc45)C3=O)[C@@H]21.Cl. The van der Waals surface area contributed by atoms with Crippen LogP contribution in [0.2, 0.25) is 0 Å². The van der Waals surface area contributed by atoms with Crippen LogP contribution in [0.3, 0.4) is 0 Å². The molecule has 6 rings (SSSR count). The molecule has 7 nitrogen and oxygen atoms in total. The second-order valence-corrected chi connectivity index (χ2v) is 9.57. The summed E-state index contributed by atoms with van der Waals surface area (Å²) in [4.78, 5) is 25.4. The number of benzene rings is 1. The largest absolute Gasteiger partial charge is 0.496 e. The Balaban J connectivity index is 0.00000216. The number of hydrogen-bond donors (Lipinski definition) is 2. The van der Waals surface area contributed by atoms with Crippen LogP contribution >= 0.6 is 23.7 Å². The first-order chi connectivity index (χ1) is 15.2. The molecule has 4 heterocycles. The first-order valence-electron chi connectivity index (χ1n) is 10.9. The van der Waals surface area contributed by atoms with E-state index in [0.29, 0.717) is 24.5 Å². The van der Waals surface area contributed by atoms with Crippen LogP contribution in [0.4, 0.5) is 5.69 Å². The number of aromatic nitrogens is 2. The summed E-state index contributed by atoms with van der Waals surface area (Å²) in [6.07, 6.45) is 6.55. The summed E-state index contributed by atoms with van der Waals surface area (Å²) in [5.41, 5.74) is 4.42. The van der Waals surface area contributed by atoms with E-state index in [9.17, 15) is 4.79 Å². The van der Waals surface area contributed by atoms with Crippen LogP contribution < -0.4 is 15.4 Å². The molecule has 3 atom stereocenters. The fraction of sp³-hybridized carbons (Fsp3) is 0.435. The molecular formula is C23H26ClN5O2S. The van der Waals surface area contributed by atoms with Crippen molar-refractivity contribution in [3.63, 3.8) is 0 Å². The van der Waals surface area contributed by atoms with Gasteiger partial charge in [-0.1, -0.05) is 12.1 Å². The van der Waals surface area contributed by atoms with Crippen LogP contribution in [0.15, 0.2) is 30.6 Å². The van der Waals surface area contributed by atoms with E-state index in [-0.39, 0.29) is 18.3 Å². The fourth-order valence-corrected chi connectivity index (χ4v) is 6.65. The van der Waals surface area contributed by atoms with E-state index in [1.165, 1.54) is 28.9 Å². The zero-order valence-electron chi connectivity index (χ0n) is 17.8. The lowest BCUT2D eigenvalue weighted by Crippen LogP contribution is -2.42. The molecule has 0 saturated carbocycles. The second-order valence-electron chi connectivity index (χ2n) is 8.58. The van der Waals surface area contributed by atoms with Crippen molar-refractivity contribution in [2.45, 2.75) is 31.2 Å². The number of ether oxygens (including phenoxy) is 1. The maximum absolute atomic E-state index is 13.2. The third-order valence-electron chi connectivity index (χ3n) is 7.06. The molecule has 0 bridgehead atoms. The van der Waals surface area contributed by atoms with Crippen LogP contribution in [-0.4, -0.2) is 53.7 Å². The Hall–Kier alpha value is -2.42. The maximum Gasteiger partial charge on any atom is 0.267 e. The fourth-order valence-electron chi connectivity index (χ4n) is 5.61. The Kier molecular flexibility index (Phi) is 5.69. The van der Waals surface area contributed by atoms with Crippen molar-refractivity contribution >= 4 is 45.7 Å². The molecule has 1 aromatic carbocycles. The molecule has 168 valence electrons. The third-order valence-corrected chi connectivity index (χ3v) is 8.14. The zero-order valence-corrected chi connectivity index (χ0v) is 19.5. The number of thiophene rings is 1. The van der Waals surface area contributed by atoms with Gasteiger partial charge in [0.1, 0.15) is 21.0 Å². The number of carbonyl (C=O) groups excluding carboxylic acids is 1. The number of halogens is 1. The lowest BCUT2D eigenvalue weighted by atomic mass is 9.73. The predicted octanol–water partition coefficient (Wildman–Crippen LogP) is 3.66. The van der Waals surface area contributed by atoms with Crippen molar-refractivity contribution in [1.29, 1.82) is 0 Å². The number of carbonyl (C=O) groups is 1. The zero-order chi connectivity index (χ0) is 20.9. The average Bonchev–Trinajstić information content (AvgIpc) is 3.40. The topological polar surface area (TPSA) is 79.4 Å². The Morgan fingerprint density at radius 3 is 3.03 bits per heavy atom. The molecule has 0 radical (unpaired) electrons. The van der Waals surface area contributed by atoms with Crippen molar-refractivity contribution in [3.8, 4) is 5.75 Å². The van der Waals surface area contributed by atoms with Gasteiger partial charge in [-0.25, -0.2) is 9.97 Å². The van der Waals surface area contributed by atoms with Crippen LogP contribution in [0.1, 0.15) is 39.6 Å². The van der Waals surface area contributed by atoms with Gasteiger partial charge in [0.05, 0.1) is 19.5 Å². The normalized spacial score (nSPS) is 23.7.